The molecule has 0 bridgehead atoms. The van der Waals surface area contributed by atoms with Gasteiger partial charge in [-0.15, -0.1) is 0 Å². The summed E-state index contributed by atoms with van der Waals surface area (Å²) in [6.45, 7) is 5.16. The summed E-state index contributed by atoms with van der Waals surface area (Å²) in [6.07, 6.45) is 2.07. The van der Waals surface area contributed by atoms with Gasteiger partial charge in [0.2, 0.25) is 0 Å². The van der Waals surface area contributed by atoms with Crippen molar-refractivity contribution in [2.75, 3.05) is 44.7 Å². The van der Waals surface area contributed by atoms with E-state index in [-0.39, 0.29) is 0 Å². The Balaban J connectivity index is 1.79. The highest BCUT2D eigenvalue weighted by molar-refractivity contribution is 5.53. The lowest BCUT2D eigenvalue weighted by molar-refractivity contribution is -0.203. The van der Waals surface area contributed by atoms with E-state index in [9.17, 15) is 0 Å². The molecule has 0 amide bonds. The zero-order valence-corrected chi connectivity index (χ0v) is 10.9. The monoisotopic (exact) mass is 248 g/mol. The predicted molar refractivity (Wildman–Crippen MR) is 71.1 cm³/mol. The molecule has 0 unspecified atom stereocenters. The van der Waals surface area contributed by atoms with Gasteiger partial charge >= 0.3 is 0 Å². The maximum Gasteiger partial charge on any atom is 0.168 e. The van der Waals surface area contributed by atoms with E-state index in [1.54, 1.807) is 0 Å². The van der Waals surface area contributed by atoms with E-state index in [0.717, 1.165) is 44.8 Å². The van der Waals surface area contributed by atoms with Crippen molar-refractivity contribution in [2.24, 2.45) is 0 Å². The summed E-state index contributed by atoms with van der Waals surface area (Å²) < 4.78 is 0. The number of nitrogens with zero attached hydrogens (tertiary/aromatic N) is 2. The van der Waals surface area contributed by atoms with Crippen LogP contribution in [0, 0.1) is 0 Å². The van der Waals surface area contributed by atoms with Crippen molar-refractivity contribution >= 4 is 5.69 Å². The van der Waals surface area contributed by atoms with Gasteiger partial charge in [-0.1, -0.05) is 0 Å². The molecule has 2 heterocycles. The highest BCUT2D eigenvalue weighted by Gasteiger charge is 2.17. The van der Waals surface area contributed by atoms with Crippen LogP contribution in [0.1, 0.15) is 12.0 Å². The van der Waals surface area contributed by atoms with Gasteiger partial charge in [0.15, 0.2) is 5.75 Å². The predicted octanol–water partition coefficient (Wildman–Crippen LogP) is 1.70. The molecule has 1 saturated heterocycles. The summed E-state index contributed by atoms with van der Waals surface area (Å²) >= 11 is 0. The summed E-state index contributed by atoms with van der Waals surface area (Å²) in [5, 5.41) is 0. The van der Waals surface area contributed by atoms with Gasteiger partial charge in [-0.3, -0.25) is 0 Å². The number of aryl methyl sites for hydroxylation is 1. The number of anilines is 1. The number of hydrogen-bond acceptors (Lipinski definition) is 4. The topological polar surface area (TPSA) is 24.9 Å². The van der Waals surface area contributed by atoms with Gasteiger partial charge in [0.05, 0.1) is 6.61 Å². The van der Waals surface area contributed by atoms with Crippen LogP contribution in [0.25, 0.3) is 0 Å². The van der Waals surface area contributed by atoms with Crippen LogP contribution in [-0.2, 0) is 11.3 Å². The number of likely N-dealkylation sites (N-methyl/N-ethyl adjacent to an activating group) is 1. The van der Waals surface area contributed by atoms with Gasteiger partial charge in [-0.25, -0.2) is 0 Å². The first-order valence-electron chi connectivity index (χ1n) is 6.69. The molecule has 0 radical (unpaired) electrons. The molecule has 1 aromatic carbocycles. The summed E-state index contributed by atoms with van der Waals surface area (Å²) in [5.74, 6) is 0.880. The molecule has 4 nitrogen and oxygen atoms in total. The number of piperazine rings is 1. The van der Waals surface area contributed by atoms with Crippen LogP contribution in [0.5, 0.6) is 5.75 Å². The zero-order valence-electron chi connectivity index (χ0n) is 10.9. The third-order valence-corrected chi connectivity index (χ3v) is 3.73. The molecule has 0 aromatic heterocycles. The van der Waals surface area contributed by atoms with Crippen molar-refractivity contribution in [3.05, 3.63) is 23.8 Å². The first-order chi connectivity index (χ1) is 8.83. The van der Waals surface area contributed by atoms with E-state index in [4.69, 9.17) is 9.78 Å². The summed E-state index contributed by atoms with van der Waals surface area (Å²) in [6, 6.07) is 6.43. The summed E-state index contributed by atoms with van der Waals surface area (Å²) in [7, 11) is 2.18. The first kappa shape index (κ1) is 11.8. The second-order valence-electron chi connectivity index (χ2n) is 5.09. The van der Waals surface area contributed by atoms with Gasteiger partial charge in [-0.2, -0.15) is 4.89 Å². The van der Waals surface area contributed by atoms with E-state index in [0.29, 0.717) is 6.61 Å². The largest absolute Gasteiger partial charge is 0.369 e. The van der Waals surface area contributed by atoms with Crippen LogP contribution in [-0.4, -0.2) is 44.7 Å². The van der Waals surface area contributed by atoms with Gasteiger partial charge in [0.25, 0.3) is 0 Å². The number of rotatable bonds is 1. The minimum absolute atomic E-state index is 0.679. The molecule has 2 aliphatic heterocycles. The Hall–Kier alpha value is -1.26. The van der Waals surface area contributed by atoms with Crippen molar-refractivity contribution < 1.29 is 9.78 Å². The zero-order chi connectivity index (χ0) is 12.4. The van der Waals surface area contributed by atoms with Crippen LogP contribution < -0.4 is 9.79 Å². The SMILES string of the molecule is CN1CCN(c2ccc3c(c2)CCCOO3)CC1. The van der Waals surface area contributed by atoms with Crippen LogP contribution in [0.3, 0.4) is 0 Å². The Morgan fingerprint density at radius 3 is 2.78 bits per heavy atom. The normalized spacial score (nSPS) is 21.1. The molecule has 1 aromatic rings. The lowest BCUT2D eigenvalue weighted by Gasteiger charge is -2.34. The number of hydrogen-bond donors (Lipinski definition) is 0. The average molecular weight is 248 g/mol. The second-order valence-corrected chi connectivity index (χ2v) is 5.09. The molecule has 0 N–H and O–H groups in total. The Bertz CT molecular complexity index is 414. The Morgan fingerprint density at radius 1 is 1.11 bits per heavy atom. The molecule has 0 saturated carbocycles. The molecule has 0 spiro atoms. The van der Waals surface area contributed by atoms with Crippen LogP contribution >= 0.6 is 0 Å². The van der Waals surface area contributed by atoms with E-state index >= 15 is 0 Å². The van der Waals surface area contributed by atoms with Crippen molar-refractivity contribution in [1.82, 2.24) is 4.90 Å². The summed E-state index contributed by atoms with van der Waals surface area (Å²) in [4.78, 5) is 15.2. The first-order valence-corrected chi connectivity index (χ1v) is 6.69. The highest BCUT2D eigenvalue weighted by atomic mass is 17.2. The quantitative estimate of drug-likeness (QED) is 0.706. The fourth-order valence-electron chi connectivity index (χ4n) is 2.53. The van der Waals surface area contributed by atoms with Crippen molar-refractivity contribution in [3.8, 4) is 5.75 Å². The molecule has 1 fully saturated rings. The Labute approximate surface area is 108 Å². The lowest BCUT2D eigenvalue weighted by atomic mass is 10.1. The Morgan fingerprint density at radius 2 is 1.94 bits per heavy atom. The fraction of sp³-hybridized carbons (Fsp3) is 0.571. The van der Waals surface area contributed by atoms with Crippen molar-refractivity contribution in [1.29, 1.82) is 0 Å². The molecule has 98 valence electrons. The maximum atomic E-state index is 5.28. The van der Waals surface area contributed by atoms with Gasteiger partial charge in [0, 0.05) is 37.4 Å². The minimum Gasteiger partial charge on any atom is -0.369 e. The third-order valence-electron chi connectivity index (χ3n) is 3.73. The van der Waals surface area contributed by atoms with Crippen molar-refractivity contribution in [3.63, 3.8) is 0 Å². The average Bonchev–Trinajstić information content (AvgIpc) is 2.64. The maximum absolute atomic E-state index is 5.28. The second kappa shape index (κ2) is 5.16. The van der Waals surface area contributed by atoms with E-state index in [1.165, 1.54) is 11.3 Å². The standard InChI is InChI=1S/C14H20N2O2/c1-15-6-8-16(9-7-15)13-4-5-14-12(11-13)3-2-10-17-18-14/h4-5,11H,2-3,6-10H2,1H3. The minimum atomic E-state index is 0.679. The van der Waals surface area contributed by atoms with E-state index in [2.05, 4.69) is 29.0 Å². The van der Waals surface area contributed by atoms with Gasteiger partial charge in [0.1, 0.15) is 0 Å². The van der Waals surface area contributed by atoms with Crippen LogP contribution in [0.2, 0.25) is 0 Å². The summed E-state index contributed by atoms with van der Waals surface area (Å²) in [5.41, 5.74) is 2.58. The molecule has 0 atom stereocenters. The smallest absolute Gasteiger partial charge is 0.168 e. The van der Waals surface area contributed by atoms with Gasteiger partial charge < -0.3 is 14.7 Å². The molecule has 18 heavy (non-hydrogen) atoms. The molecular formula is C14H20N2O2. The molecule has 0 aliphatic carbocycles. The molecule has 3 rings (SSSR count). The lowest BCUT2D eigenvalue weighted by Crippen LogP contribution is -2.44. The fourth-order valence-corrected chi connectivity index (χ4v) is 2.53. The van der Waals surface area contributed by atoms with Gasteiger partial charge in [-0.05, 0) is 38.1 Å². The van der Waals surface area contributed by atoms with E-state index in [1.807, 2.05) is 6.07 Å². The molecule has 4 heteroatoms. The highest BCUT2D eigenvalue weighted by Crippen LogP contribution is 2.28. The van der Waals surface area contributed by atoms with Crippen LogP contribution in [0.4, 0.5) is 5.69 Å². The molecular weight excluding hydrogens is 228 g/mol. The van der Waals surface area contributed by atoms with E-state index < -0.39 is 0 Å². The third kappa shape index (κ3) is 2.44. The Kier molecular flexibility index (Phi) is 3.39. The van der Waals surface area contributed by atoms with Crippen molar-refractivity contribution in [2.45, 2.75) is 12.8 Å². The molecule has 2 aliphatic rings. The number of benzene rings is 1. The van der Waals surface area contributed by atoms with Crippen LogP contribution in [0.15, 0.2) is 18.2 Å². The number of fused-ring (bicyclic) bond motifs is 1.